The Morgan fingerprint density at radius 2 is 1.50 bits per heavy atom. The van der Waals surface area contributed by atoms with Gasteiger partial charge in [0.15, 0.2) is 18.8 Å². The van der Waals surface area contributed by atoms with Crippen LogP contribution < -0.4 is 10.6 Å². The monoisotopic (exact) mass is 676 g/mol. The summed E-state index contributed by atoms with van der Waals surface area (Å²) in [6.45, 7) is -0.942. The van der Waals surface area contributed by atoms with E-state index in [0.29, 0.717) is 0 Å². The third kappa shape index (κ3) is 8.07. The number of aliphatic hydroxyl groups is 9. The average Bonchev–Trinajstić information content (AvgIpc) is 2.99. The van der Waals surface area contributed by atoms with Gasteiger partial charge in [-0.05, 0) is 0 Å². The topological polar surface area (TPSA) is 324 Å². The summed E-state index contributed by atoms with van der Waals surface area (Å²) < 4.78 is 43.0. The molecule has 16 atom stereocenters. The highest BCUT2D eigenvalue weighted by Gasteiger charge is 2.60. The molecule has 3 fully saturated rings. The number of hydrogen-bond acceptors (Lipinski definition) is 17. The van der Waals surface area contributed by atoms with Crippen LogP contribution in [0.25, 0.3) is 0 Å². The number of carboxylic acids is 1. The number of halogens is 1. The summed E-state index contributed by atoms with van der Waals surface area (Å²) in [6, 6.07) is -3.12. The molecule has 266 valence electrons. The molecule has 0 aromatic heterocycles. The van der Waals surface area contributed by atoms with E-state index in [0.717, 1.165) is 13.8 Å². The summed E-state index contributed by atoms with van der Waals surface area (Å²) in [5.41, 5.74) is 0. The Balaban J connectivity index is 1.95. The molecule has 0 bridgehead atoms. The Labute approximate surface area is 260 Å². The van der Waals surface area contributed by atoms with Crippen molar-refractivity contribution in [2.45, 2.75) is 118 Å². The van der Waals surface area contributed by atoms with E-state index in [2.05, 4.69) is 10.6 Å². The summed E-state index contributed by atoms with van der Waals surface area (Å²) in [4.78, 5) is 35.9. The number of rotatable bonds is 12. The predicted octanol–water partition coefficient (Wildman–Crippen LogP) is -7.10. The Hall–Kier alpha value is -2.22. The van der Waals surface area contributed by atoms with E-state index in [9.17, 15) is 65.4 Å². The molecule has 2 amide bonds. The predicted molar refractivity (Wildman–Crippen MR) is 141 cm³/mol. The van der Waals surface area contributed by atoms with Crippen molar-refractivity contribution >= 4 is 17.8 Å². The van der Waals surface area contributed by atoms with Gasteiger partial charge in [0.1, 0.15) is 61.0 Å². The Bertz CT molecular complexity index is 1060. The number of nitrogens with one attached hydrogen (secondary N) is 2. The largest absolute Gasteiger partial charge is 0.477 e. The zero-order valence-electron chi connectivity index (χ0n) is 24.6. The van der Waals surface area contributed by atoms with E-state index in [1.807, 2.05) is 0 Å². The maximum absolute atomic E-state index is 16.1. The van der Waals surface area contributed by atoms with Gasteiger partial charge in [-0.3, -0.25) is 9.59 Å². The number of carboxylic acid groups (broad SMARTS) is 1. The number of ether oxygens (including phenoxy) is 5. The molecule has 46 heavy (non-hydrogen) atoms. The minimum absolute atomic E-state index is 0.716. The van der Waals surface area contributed by atoms with E-state index in [4.69, 9.17) is 23.7 Å². The summed E-state index contributed by atoms with van der Waals surface area (Å²) in [7, 11) is 0. The van der Waals surface area contributed by atoms with Crippen LogP contribution in [0.15, 0.2) is 0 Å². The second kappa shape index (κ2) is 15.8. The lowest BCUT2D eigenvalue weighted by molar-refractivity contribution is -0.375. The normalized spacial score (nSPS) is 42.9. The molecule has 21 heteroatoms. The van der Waals surface area contributed by atoms with Crippen LogP contribution in [0.2, 0.25) is 0 Å². The first-order chi connectivity index (χ1) is 21.5. The van der Waals surface area contributed by atoms with Crippen molar-refractivity contribution in [1.82, 2.24) is 10.6 Å². The van der Waals surface area contributed by atoms with Crippen LogP contribution in [0.1, 0.15) is 20.3 Å². The third-order valence-corrected chi connectivity index (χ3v) is 7.83. The summed E-state index contributed by atoms with van der Waals surface area (Å²) in [5, 5.41) is 107. The van der Waals surface area contributed by atoms with Crippen molar-refractivity contribution in [3.63, 3.8) is 0 Å². The van der Waals surface area contributed by atoms with E-state index in [1.165, 1.54) is 0 Å². The fraction of sp³-hybridized carbons (Fsp3) is 0.880. The number of carbonyl (C=O) groups excluding carboxylic acids is 2. The SMILES string of the molecule is CC(=O)NC1C(O)OC(CO)[C@@H](OC2OC(CO)[C@H](O)C(O[C@]3(C(=O)O)C[C@@H](O)C(NC(C)=O)[C@H]([C@H](O)[C@H](O)CO)O3)C2F)C1O. The Kier molecular flexibility index (Phi) is 13.1. The molecule has 12 N–H and O–H groups in total. The molecular weight excluding hydrogens is 635 g/mol. The fourth-order valence-electron chi connectivity index (χ4n) is 5.54. The number of hydrogen-bond donors (Lipinski definition) is 12. The van der Waals surface area contributed by atoms with Gasteiger partial charge < -0.3 is 85.4 Å². The van der Waals surface area contributed by atoms with Gasteiger partial charge in [-0.15, -0.1) is 0 Å². The van der Waals surface area contributed by atoms with Crippen molar-refractivity contribution < 1.29 is 93.5 Å². The summed E-state index contributed by atoms with van der Waals surface area (Å²) >= 11 is 0. The molecule has 0 aromatic carbocycles. The second-order valence-corrected chi connectivity index (χ2v) is 11.2. The zero-order chi connectivity index (χ0) is 34.7. The minimum atomic E-state index is -3.12. The lowest BCUT2D eigenvalue weighted by Gasteiger charge is -2.50. The van der Waals surface area contributed by atoms with E-state index < -0.39 is 142 Å². The highest BCUT2D eigenvalue weighted by molar-refractivity contribution is 5.76. The van der Waals surface area contributed by atoms with Crippen LogP contribution in [-0.2, 0) is 38.1 Å². The lowest BCUT2D eigenvalue weighted by Crippen LogP contribution is -2.70. The molecule has 0 radical (unpaired) electrons. The van der Waals surface area contributed by atoms with Crippen LogP contribution in [-0.4, -0.2) is 186 Å². The van der Waals surface area contributed by atoms with Gasteiger partial charge in [0.25, 0.3) is 5.79 Å². The zero-order valence-corrected chi connectivity index (χ0v) is 24.6. The Morgan fingerprint density at radius 3 is 2.02 bits per heavy atom. The molecule has 3 saturated heterocycles. The van der Waals surface area contributed by atoms with Crippen molar-refractivity contribution in [1.29, 1.82) is 0 Å². The van der Waals surface area contributed by atoms with Crippen molar-refractivity contribution in [2.24, 2.45) is 0 Å². The van der Waals surface area contributed by atoms with E-state index >= 15 is 4.39 Å². The molecule has 3 aliphatic heterocycles. The smallest absolute Gasteiger partial charge is 0.364 e. The van der Waals surface area contributed by atoms with E-state index in [1.54, 1.807) is 0 Å². The second-order valence-electron chi connectivity index (χ2n) is 11.2. The first-order valence-electron chi connectivity index (χ1n) is 14.2. The van der Waals surface area contributed by atoms with Gasteiger partial charge in [0.2, 0.25) is 11.8 Å². The highest BCUT2D eigenvalue weighted by atomic mass is 19.1. The van der Waals surface area contributed by atoms with Crippen LogP contribution in [0.3, 0.4) is 0 Å². The molecule has 0 aliphatic carbocycles. The van der Waals surface area contributed by atoms with Gasteiger partial charge in [0, 0.05) is 20.3 Å². The van der Waals surface area contributed by atoms with Gasteiger partial charge in [-0.25, -0.2) is 9.18 Å². The Morgan fingerprint density at radius 1 is 0.913 bits per heavy atom. The molecule has 3 rings (SSSR count). The van der Waals surface area contributed by atoms with E-state index in [-0.39, 0.29) is 0 Å². The van der Waals surface area contributed by atoms with Crippen molar-refractivity contribution in [3.8, 4) is 0 Å². The van der Waals surface area contributed by atoms with Gasteiger partial charge in [-0.2, -0.15) is 0 Å². The highest BCUT2D eigenvalue weighted by Crippen LogP contribution is 2.39. The molecule has 3 heterocycles. The molecular formula is C25H41FN2O18. The van der Waals surface area contributed by atoms with Crippen molar-refractivity contribution in [2.75, 3.05) is 19.8 Å². The van der Waals surface area contributed by atoms with Gasteiger partial charge >= 0.3 is 5.97 Å². The molecule has 0 spiro atoms. The molecule has 0 aromatic rings. The molecule has 9 unspecified atom stereocenters. The molecule has 20 nitrogen and oxygen atoms in total. The lowest BCUT2D eigenvalue weighted by atomic mass is 9.88. The number of amides is 2. The van der Waals surface area contributed by atoms with Crippen LogP contribution in [0.4, 0.5) is 4.39 Å². The average molecular weight is 677 g/mol. The third-order valence-electron chi connectivity index (χ3n) is 7.83. The fourth-order valence-corrected chi connectivity index (χ4v) is 5.54. The van der Waals surface area contributed by atoms with Crippen LogP contribution >= 0.6 is 0 Å². The summed E-state index contributed by atoms with van der Waals surface area (Å²) in [5.74, 6) is -6.64. The number of alkyl halides is 1. The van der Waals surface area contributed by atoms with Crippen molar-refractivity contribution in [3.05, 3.63) is 0 Å². The maximum atomic E-state index is 16.1. The number of carbonyl (C=O) groups is 3. The van der Waals surface area contributed by atoms with Crippen LogP contribution in [0, 0.1) is 0 Å². The summed E-state index contributed by atoms with van der Waals surface area (Å²) in [6.07, 6.45) is -27.3. The maximum Gasteiger partial charge on any atom is 0.364 e. The molecule has 0 saturated carbocycles. The number of aliphatic hydroxyl groups excluding tert-OH is 9. The first-order valence-corrected chi connectivity index (χ1v) is 14.2. The molecule has 3 aliphatic rings. The van der Waals surface area contributed by atoms with Crippen LogP contribution in [0.5, 0.6) is 0 Å². The minimum Gasteiger partial charge on any atom is -0.477 e. The standard InChI is InChI=1S/C25H41FN2O18/c1-7(32)27-14-9(34)3-25(24(40)41,46-21(14)16(36)10(35)4-29)45-20-13(26)23(43-11(5-30)17(20)37)44-19-12(6-31)42-22(39)15(18(19)38)28-8(2)33/h9-23,29-31,34-39H,3-6H2,1-2H3,(H,27,32)(H,28,33)(H,40,41)/t9-,10-,11?,12?,13?,14?,15?,16-,17+,18?,19-,20?,21-,22?,23?,25-/m1/s1. The quantitative estimate of drug-likeness (QED) is 0.0913. The van der Waals surface area contributed by atoms with Gasteiger partial charge in [-0.1, -0.05) is 0 Å². The number of aliphatic carboxylic acids is 1. The van der Waals surface area contributed by atoms with Gasteiger partial charge in [0.05, 0.1) is 32.0 Å². The first kappa shape index (κ1) is 38.2.